The van der Waals surface area contributed by atoms with E-state index in [1.165, 1.54) is 22.2 Å². The number of hydrogen-bond acceptors (Lipinski definition) is 4. The van der Waals surface area contributed by atoms with Gasteiger partial charge in [-0.05, 0) is 43.3 Å². The zero-order chi connectivity index (χ0) is 18.2. The van der Waals surface area contributed by atoms with E-state index in [1.807, 2.05) is 31.2 Å². The smallest absolute Gasteiger partial charge is 0.243 e. The van der Waals surface area contributed by atoms with Crippen molar-refractivity contribution in [2.75, 3.05) is 31.8 Å². The largest absolute Gasteiger partial charge is 0.497 e. The zero-order valence-electron chi connectivity index (χ0n) is 14.6. The monoisotopic (exact) mass is 358 g/mol. The summed E-state index contributed by atoms with van der Waals surface area (Å²) in [6, 6.07) is 15.0. The highest BCUT2D eigenvalue weighted by Crippen LogP contribution is 2.18. The first-order valence-corrected chi connectivity index (χ1v) is 8.84. The number of rotatable bonds is 7. The Labute approximate surface area is 152 Å². The Hall–Kier alpha value is -2.47. The summed E-state index contributed by atoms with van der Waals surface area (Å²) < 4.78 is 5.07. The lowest BCUT2D eigenvalue weighted by Gasteiger charge is -2.16. The summed E-state index contributed by atoms with van der Waals surface area (Å²) in [5, 5.41) is 2.76. The van der Waals surface area contributed by atoms with Crippen LogP contribution in [0.3, 0.4) is 0 Å². The molecule has 0 radical (unpaired) electrons. The number of amides is 2. The molecule has 2 aromatic carbocycles. The first kappa shape index (κ1) is 18.9. The molecule has 0 aliphatic heterocycles. The maximum Gasteiger partial charge on any atom is 0.243 e. The van der Waals surface area contributed by atoms with Crippen molar-refractivity contribution in [2.45, 2.75) is 11.8 Å². The van der Waals surface area contributed by atoms with E-state index in [0.29, 0.717) is 11.4 Å². The Bertz CT molecular complexity index is 714. The summed E-state index contributed by atoms with van der Waals surface area (Å²) >= 11 is 1.46. The molecule has 25 heavy (non-hydrogen) atoms. The van der Waals surface area contributed by atoms with Gasteiger partial charge in [-0.25, -0.2) is 0 Å². The second kappa shape index (κ2) is 9.13. The molecule has 6 heteroatoms. The van der Waals surface area contributed by atoms with E-state index >= 15 is 0 Å². The van der Waals surface area contributed by atoms with E-state index in [-0.39, 0.29) is 18.4 Å². The van der Waals surface area contributed by atoms with Gasteiger partial charge in [0.25, 0.3) is 0 Å². The molecule has 0 atom stereocenters. The van der Waals surface area contributed by atoms with Gasteiger partial charge < -0.3 is 15.0 Å². The topological polar surface area (TPSA) is 58.6 Å². The molecular weight excluding hydrogens is 336 g/mol. The molecule has 0 fully saturated rings. The molecule has 0 saturated heterocycles. The summed E-state index contributed by atoms with van der Waals surface area (Å²) in [7, 11) is 3.22. The minimum Gasteiger partial charge on any atom is -0.497 e. The van der Waals surface area contributed by atoms with Gasteiger partial charge in [0.2, 0.25) is 11.8 Å². The van der Waals surface area contributed by atoms with Gasteiger partial charge in [-0.1, -0.05) is 17.7 Å². The van der Waals surface area contributed by atoms with Gasteiger partial charge >= 0.3 is 0 Å². The second-order valence-corrected chi connectivity index (χ2v) is 6.68. The summed E-state index contributed by atoms with van der Waals surface area (Å²) in [5.41, 5.74) is 1.85. The molecule has 2 aromatic rings. The average Bonchev–Trinajstić information content (AvgIpc) is 2.61. The van der Waals surface area contributed by atoms with E-state index in [1.54, 1.807) is 38.4 Å². The molecule has 0 aliphatic rings. The number of ether oxygens (including phenoxy) is 1. The van der Waals surface area contributed by atoms with Crippen LogP contribution in [0, 0.1) is 6.92 Å². The van der Waals surface area contributed by atoms with E-state index in [0.717, 1.165) is 10.6 Å². The Morgan fingerprint density at radius 1 is 1.08 bits per heavy atom. The molecular formula is C19H22N2O3S. The molecule has 0 unspecified atom stereocenters. The number of anilines is 1. The second-order valence-electron chi connectivity index (χ2n) is 5.63. The molecule has 0 spiro atoms. The van der Waals surface area contributed by atoms with Crippen LogP contribution in [-0.2, 0) is 9.59 Å². The van der Waals surface area contributed by atoms with Gasteiger partial charge in [0, 0.05) is 17.6 Å². The van der Waals surface area contributed by atoms with Crippen LogP contribution in [0.4, 0.5) is 5.69 Å². The maximum absolute atomic E-state index is 12.2. The van der Waals surface area contributed by atoms with Crippen molar-refractivity contribution >= 4 is 29.3 Å². The lowest BCUT2D eigenvalue weighted by atomic mass is 10.2. The van der Waals surface area contributed by atoms with Crippen LogP contribution >= 0.6 is 11.8 Å². The van der Waals surface area contributed by atoms with Gasteiger partial charge in [-0.3, -0.25) is 9.59 Å². The third-order valence-electron chi connectivity index (χ3n) is 3.56. The number of carbonyl (C=O) groups is 2. The third kappa shape index (κ3) is 6.15. The van der Waals surface area contributed by atoms with Crippen molar-refractivity contribution in [1.82, 2.24) is 4.90 Å². The Morgan fingerprint density at radius 3 is 2.32 bits per heavy atom. The Balaban J connectivity index is 1.78. The summed E-state index contributed by atoms with van der Waals surface area (Å²) in [5.74, 6) is 0.699. The van der Waals surface area contributed by atoms with Crippen molar-refractivity contribution < 1.29 is 14.3 Å². The predicted molar refractivity (Wildman–Crippen MR) is 101 cm³/mol. The standard InChI is InChI=1S/C19H22N2O3S/c1-14-4-10-17(11-5-14)25-13-19(23)21(2)12-18(22)20-15-6-8-16(24-3)9-7-15/h4-11H,12-13H2,1-3H3,(H,20,22). The number of carbonyl (C=O) groups excluding carboxylic acids is 2. The molecule has 0 aromatic heterocycles. The van der Waals surface area contributed by atoms with Crippen LogP contribution in [0.25, 0.3) is 0 Å². The highest BCUT2D eigenvalue weighted by Gasteiger charge is 2.13. The van der Waals surface area contributed by atoms with Gasteiger partial charge in [-0.2, -0.15) is 0 Å². The molecule has 0 aliphatic carbocycles. The normalized spacial score (nSPS) is 10.2. The van der Waals surface area contributed by atoms with Gasteiger partial charge in [-0.15, -0.1) is 11.8 Å². The van der Waals surface area contributed by atoms with Crippen LogP contribution in [0.15, 0.2) is 53.4 Å². The fourth-order valence-electron chi connectivity index (χ4n) is 2.07. The number of hydrogen-bond donors (Lipinski definition) is 1. The minimum atomic E-state index is -0.235. The molecule has 1 N–H and O–H groups in total. The number of nitrogens with one attached hydrogen (secondary N) is 1. The third-order valence-corrected chi connectivity index (χ3v) is 4.56. The number of nitrogens with zero attached hydrogens (tertiary/aromatic N) is 1. The van der Waals surface area contributed by atoms with Gasteiger partial charge in [0.15, 0.2) is 0 Å². The van der Waals surface area contributed by atoms with Crippen molar-refractivity contribution in [3.63, 3.8) is 0 Å². The maximum atomic E-state index is 12.2. The zero-order valence-corrected chi connectivity index (χ0v) is 15.4. The molecule has 0 saturated carbocycles. The van der Waals surface area contributed by atoms with Crippen LogP contribution in [0.1, 0.15) is 5.56 Å². The highest BCUT2D eigenvalue weighted by molar-refractivity contribution is 8.00. The minimum absolute atomic E-state index is 0.0132. The van der Waals surface area contributed by atoms with Crippen molar-refractivity contribution in [3.05, 3.63) is 54.1 Å². The molecule has 0 bridgehead atoms. The first-order valence-electron chi connectivity index (χ1n) is 7.85. The lowest BCUT2D eigenvalue weighted by molar-refractivity contribution is -0.131. The van der Waals surface area contributed by atoms with Crippen LogP contribution in [0.2, 0.25) is 0 Å². The molecule has 5 nitrogen and oxygen atoms in total. The van der Waals surface area contributed by atoms with E-state index in [9.17, 15) is 9.59 Å². The molecule has 0 heterocycles. The summed E-state index contributed by atoms with van der Waals surface area (Å²) in [6.07, 6.45) is 0. The molecule has 2 amide bonds. The quantitative estimate of drug-likeness (QED) is 0.772. The number of likely N-dealkylation sites (N-methyl/N-ethyl adjacent to an activating group) is 1. The van der Waals surface area contributed by atoms with Crippen LogP contribution in [0.5, 0.6) is 5.75 Å². The van der Waals surface area contributed by atoms with Crippen molar-refractivity contribution in [3.8, 4) is 5.75 Å². The number of methoxy groups -OCH3 is 1. The average molecular weight is 358 g/mol. The van der Waals surface area contributed by atoms with Crippen molar-refractivity contribution in [1.29, 1.82) is 0 Å². The van der Waals surface area contributed by atoms with Crippen LogP contribution < -0.4 is 10.1 Å². The summed E-state index contributed by atoms with van der Waals surface area (Å²) in [4.78, 5) is 26.7. The molecule has 2 rings (SSSR count). The Kier molecular flexibility index (Phi) is 6.89. The van der Waals surface area contributed by atoms with E-state index < -0.39 is 0 Å². The first-order chi connectivity index (χ1) is 12.0. The predicted octanol–water partition coefficient (Wildman–Crippen LogP) is 3.19. The number of benzene rings is 2. The fraction of sp³-hybridized carbons (Fsp3) is 0.263. The highest BCUT2D eigenvalue weighted by atomic mass is 32.2. The van der Waals surface area contributed by atoms with Gasteiger partial charge in [0.1, 0.15) is 5.75 Å². The van der Waals surface area contributed by atoms with Crippen molar-refractivity contribution in [2.24, 2.45) is 0 Å². The number of aryl methyl sites for hydroxylation is 1. The van der Waals surface area contributed by atoms with E-state index in [4.69, 9.17) is 4.74 Å². The van der Waals surface area contributed by atoms with Gasteiger partial charge in [0.05, 0.1) is 19.4 Å². The molecule has 132 valence electrons. The SMILES string of the molecule is COc1ccc(NC(=O)CN(C)C(=O)CSc2ccc(C)cc2)cc1. The van der Waals surface area contributed by atoms with E-state index in [2.05, 4.69) is 5.32 Å². The number of thioether (sulfide) groups is 1. The summed E-state index contributed by atoms with van der Waals surface area (Å²) in [6.45, 7) is 2.04. The fourth-order valence-corrected chi connectivity index (χ4v) is 2.91. The van der Waals surface area contributed by atoms with Crippen LogP contribution in [-0.4, -0.2) is 43.2 Å². The lowest BCUT2D eigenvalue weighted by Crippen LogP contribution is -2.35. The Morgan fingerprint density at radius 2 is 1.72 bits per heavy atom.